The van der Waals surface area contributed by atoms with Crippen molar-refractivity contribution in [2.45, 2.75) is 62.0 Å². The SMILES string of the molecule is O=C(NC1CCCC1)c1cn(C[C@@H]2CCCN2S(=O)(=O)c2cccnc2)nn1. The third-order valence-electron chi connectivity index (χ3n) is 5.42. The Kier molecular flexibility index (Phi) is 5.40. The number of aromatic nitrogens is 4. The van der Waals surface area contributed by atoms with E-state index in [1.165, 1.54) is 10.5 Å². The van der Waals surface area contributed by atoms with Gasteiger partial charge >= 0.3 is 0 Å². The maximum absolute atomic E-state index is 12.9. The molecule has 2 aliphatic rings. The minimum Gasteiger partial charge on any atom is -0.348 e. The second kappa shape index (κ2) is 7.96. The molecule has 0 radical (unpaired) electrons. The van der Waals surface area contributed by atoms with Gasteiger partial charge in [-0.2, -0.15) is 4.31 Å². The summed E-state index contributed by atoms with van der Waals surface area (Å²) in [4.78, 5) is 16.4. The summed E-state index contributed by atoms with van der Waals surface area (Å²) < 4.78 is 28.9. The lowest BCUT2D eigenvalue weighted by molar-refractivity contribution is 0.0932. The van der Waals surface area contributed by atoms with Gasteiger partial charge in [0.15, 0.2) is 5.69 Å². The first-order valence-electron chi connectivity index (χ1n) is 9.67. The van der Waals surface area contributed by atoms with Gasteiger partial charge in [0.25, 0.3) is 5.91 Å². The fourth-order valence-corrected chi connectivity index (χ4v) is 5.63. The van der Waals surface area contributed by atoms with Crippen molar-refractivity contribution in [1.29, 1.82) is 0 Å². The Hall–Kier alpha value is -2.33. The van der Waals surface area contributed by atoms with Gasteiger partial charge in [-0.15, -0.1) is 5.10 Å². The van der Waals surface area contributed by atoms with Crippen LogP contribution in [0.5, 0.6) is 0 Å². The lowest BCUT2D eigenvalue weighted by atomic mass is 10.2. The van der Waals surface area contributed by atoms with Crippen LogP contribution < -0.4 is 5.32 Å². The lowest BCUT2D eigenvalue weighted by Gasteiger charge is -2.23. The molecule has 1 atom stereocenters. The molecule has 1 aliphatic heterocycles. The number of hydrogen-bond donors (Lipinski definition) is 1. The summed E-state index contributed by atoms with van der Waals surface area (Å²) in [6.45, 7) is 0.828. The minimum atomic E-state index is -3.60. The van der Waals surface area contributed by atoms with Crippen molar-refractivity contribution in [1.82, 2.24) is 29.6 Å². The normalized spacial score (nSPS) is 21.2. The predicted molar refractivity (Wildman–Crippen MR) is 101 cm³/mol. The Bertz CT molecular complexity index is 924. The van der Waals surface area contributed by atoms with Gasteiger partial charge in [-0.05, 0) is 37.8 Å². The van der Waals surface area contributed by atoms with Crippen LogP contribution >= 0.6 is 0 Å². The molecule has 1 aliphatic carbocycles. The first-order valence-corrected chi connectivity index (χ1v) is 11.1. The van der Waals surface area contributed by atoms with Crippen LogP contribution in [0, 0.1) is 0 Å². The number of nitrogens with one attached hydrogen (secondary N) is 1. The van der Waals surface area contributed by atoms with Gasteiger partial charge in [0.2, 0.25) is 10.0 Å². The van der Waals surface area contributed by atoms with Crippen LogP contribution in [0.1, 0.15) is 49.0 Å². The largest absolute Gasteiger partial charge is 0.348 e. The molecule has 150 valence electrons. The molecule has 28 heavy (non-hydrogen) atoms. The van der Waals surface area contributed by atoms with Crippen molar-refractivity contribution >= 4 is 15.9 Å². The smallest absolute Gasteiger partial charge is 0.273 e. The maximum Gasteiger partial charge on any atom is 0.273 e. The number of carbonyl (C=O) groups is 1. The number of nitrogens with zero attached hydrogens (tertiary/aromatic N) is 5. The van der Waals surface area contributed by atoms with Crippen LogP contribution in [0.2, 0.25) is 0 Å². The van der Waals surface area contributed by atoms with E-state index in [9.17, 15) is 13.2 Å². The van der Waals surface area contributed by atoms with E-state index < -0.39 is 10.0 Å². The van der Waals surface area contributed by atoms with Crippen molar-refractivity contribution in [3.8, 4) is 0 Å². The standard InChI is InChI=1S/C18H24N6O3S/c25-18(20-14-5-1-2-6-14)17-13-23(22-21-17)12-15-7-4-10-24(15)28(26,27)16-8-3-9-19-11-16/h3,8-9,11,13-15H,1-2,4-7,10,12H2,(H,20,25)/t15-/m0/s1. The van der Waals surface area contributed by atoms with E-state index >= 15 is 0 Å². The Balaban J connectivity index is 1.44. The highest BCUT2D eigenvalue weighted by molar-refractivity contribution is 7.89. The topological polar surface area (TPSA) is 110 Å². The van der Waals surface area contributed by atoms with Crippen LogP contribution in [0.3, 0.4) is 0 Å². The fraction of sp³-hybridized carbons (Fsp3) is 0.556. The number of pyridine rings is 1. The van der Waals surface area contributed by atoms with Crippen molar-refractivity contribution < 1.29 is 13.2 Å². The molecule has 3 heterocycles. The Morgan fingerprint density at radius 2 is 2.04 bits per heavy atom. The second-order valence-electron chi connectivity index (χ2n) is 7.38. The van der Waals surface area contributed by atoms with Crippen LogP contribution in [0.25, 0.3) is 0 Å². The molecule has 4 rings (SSSR count). The number of rotatable bonds is 6. The monoisotopic (exact) mass is 404 g/mol. The number of sulfonamides is 1. The minimum absolute atomic E-state index is 0.192. The molecular formula is C18H24N6O3S. The van der Waals surface area contributed by atoms with Gasteiger partial charge in [-0.1, -0.05) is 18.1 Å². The molecule has 1 saturated carbocycles. The van der Waals surface area contributed by atoms with Crippen LogP contribution in [-0.4, -0.2) is 57.2 Å². The maximum atomic E-state index is 12.9. The fourth-order valence-electron chi connectivity index (χ4n) is 3.98. The third-order valence-corrected chi connectivity index (χ3v) is 7.36. The molecule has 1 N–H and O–H groups in total. The molecule has 2 fully saturated rings. The zero-order valence-electron chi connectivity index (χ0n) is 15.6. The van der Waals surface area contributed by atoms with Crippen LogP contribution in [0.4, 0.5) is 0 Å². The molecule has 2 aromatic heterocycles. The third kappa shape index (κ3) is 3.93. The van der Waals surface area contributed by atoms with Crippen molar-refractivity contribution in [2.24, 2.45) is 0 Å². The summed E-state index contributed by atoms with van der Waals surface area (Å²) in [7, 11) is -3.60. The van der Waals surface area contributed by atoms with Gasteiger partial charge in [0.05, 0.1) is 12.7 Å². The van der Waals surface area contributed by atoms with E-state index in [1.807, 2.05) is 0 Å². The molecule has 2 aromatic rings. The van der Waals surface area contributed by atoms with Gasteiger partial charge in [0.1, 0.15) is 4.90 Å². The predicted octanol–water partition coefficient (Wildman–Crippen LogP) is 1.20. The second-order valence-corrected chi connectivity index (χ2v) is 9.27. The van der Waals surface area contributed by atoms with E-state index in [-0.39, 0.29) is 28.6 Å². The number of carbonyl (C=O) groups excluding carboxylic acids is 1. The molecule has 0 bridgehead atoms. The first kappa shape index (κ1) is 19.0. The van der Waals surface area contributed by atoms with E-state index in [2.05, 4.69) is 20.6 Å². The van der Waals surface area contributed by atoms with Gasteiger partial charge in [-0.25, -0.2) is 8.42 Å². The van der Waals surface area contributed by atoms with Crippen molar-refractivity contribution in [3.63, 3.8) is 0 Å². The van der Waals surface area contributed by atoms with Crippen LogP contribution in [-0.2, 0) is 16.6 Å². The summed E-state index contributed by atoms with van der Waals surface area (Å²) in [5.74, 6) is -0.218. The Labute approximate surface area is 164 Å². The van der Waals surface area contributed by atoms with Gasteiger partial charge in [0, 0.05) is 31.0 Å². The summed E-state index contributed by atoms with van der Waals surface area (Å²) in [6, 6.07) is 3.16. The molecule has 0 unspecified atom stereocenters. The number of hydrogen-bond acceptors (Lipinski definition) is 6. The molecular weight excluding hydrogens is 380 g/mol. The highest BCUT2D eigenvalue weighted by atomic mass is 32.2. The quantitative estimate of drug-likeness (QED) is 0.775. The Morgan fingerprint density at radius 3 is 2.79 bits per heavy atom. The Morgan fingerprint density at radius 1 is 1.21 bits per heavy atom. The van der Waals surface area contributed by atoms with Gasteiger partial charge in [-0.3, -0.25) is 14.5 Å². The molecule has 1 saturated heterocycles. The summed E-state index contributed by atoms with van der Waals surface area (Å²) in [5, 5.41) is 11.0. The molecule has 10 heteroatoms. The molecule has 0 spiro atoms. The van der Waals surface area contributed by atoms with E-state index in [4.69, 9.17) is 0 Å². The van der Waals surface area contributed by atoms with E-state index in [0.29, 0.717) is 13.1 Å². The van der Waals surface area contributed by atoms with Crippen molar-refractivity contribution in [3.05, 3.63) is 36.4 Å². The van der Waals surface area contributed by atoms with E-state index in [0.717, 1.165) is 38.5 Å². The van der Waals surface area contributed by atoms with Crippen molar-refractivity contribution in [2.75, 3.05) is 6.54 Å². The molecule has 0 aromatic carbocycles. The summed E-state index contributed by atoms with van der Waals surface area (Å²) >= 11 is 0. The number of amides is 1. The summed E-state index contributed by atoms with van der Waals surface area (Å²) in [6.07, 6.45) is 10.3. The average Bonchev–Trinajstić information content (AvgIpc) is 3.44. The zero-order valence-corrected chi connectivity index (χ0v) is 16.4. The molecule has 9 nitrogen and oxygen atoms in total. The first-order chi connectivity index (χ1) is 13.5. The zero-order chi connectivity index (χ0) is 19.6. The lowest BCUT2D eigenvalue weighted by Crippen LogP contribution is -2.38. The summed E-state index contributed by atoms with van der Waals surface area (Å²) in [5.41, 5.74) is 0.270. The van der Waals surface area contributed by atoms with Gasteiger partial charge < -0.3 is 5.32 Å². The highest BCUT2D eigenvalue weighted by Crippen LogP contribution is 2.26. The van der Waals surface area contributed by atoms with E-state index in [1.54, 1.807) is 29.2 Å². The average molecular weight is 404 g/mol. The highest BCUT2D eigenvalue weighted by Gasteiger charge is 2.36. The molecule has 1 amide bonds. The van der Waals surface area contributed by atoms with Crippen LogP contribution in [0.15, 0.2) is 35.6 Å².